The molecule has 8 heteroatoms. The second kappa shape index (κ2) is 8.07. The lowest BCUT2D eigenvalue weighted by Crippen LogP contribution is -1.99. The van der Waals surface area contributed by atoms with E-state index in [9.17, 15) is 14.5 Å². The highest BCUT2D eigenvalue weighted by Crippen LogP contribution is 2.38. The molecule has 0 saturated carbocycles. The van der Waals surface area contributed by atoms with Gasteiger partial charge in [-0.05, 0) is 24.3 Å². The van der Waals surface area contributed by atoms with Gasteiger partial charge in [-0.3, -0.25) is 10.1 Å². The second-order valence-electron chi connectivity index (χ2n) is 4.90. The van der Waals surface area contributed by atoms with E-state index in [1.54, 1.807) is 12.1 Å². The number of rotatable bonds is 5. The molecule has 0 saturated heterocycles. The molecule has 0 spiro atoms. The van der Waals surface area contributed by atoms with E-state index in [0.29, 0.717) is 22.8 Å². The van der Waals surface area contributed by atoms with Crippen molar-refractivity contribution in [3.05, 3.63) is 51.3 Å². The van der Waals surface area contributed by atoms with E-state index in [4.69, 9.17) is 18.9 Å². The summed E-state index contributed by atoms with van der Waals surface area (Å²) in [6.07, 6.45) is 0. The highest BCUT2D eigenvalue weighted by molar-refractivity contribution is 5.59. The molecule has 0 amide bonds. The van der Waals surface area contributed by atoms with Crippen LogP contribution in [-0.2, 0) is 0 Å². The quantitative estimate of drug-likeness (QED) is 0.462. The first kappa shape index (κ1) is 18.9. The number of hydrogen-bond acceptors (Lipinski definition) is 6. The summed E-state index contributed by atoms with van der Waals surface area (Å²) in [5.74, 6) is 5.25. The Bertz CT molecular complexity index is 876. The zero-order valence-electron chi connectivity index (χ0n) is 14.6. The monoisotopic (exact) mass is 361 g/mol. The summed E-state index contributed by atoms with van der Waals surface area (Å²) >= 11 is 0. The zero-order chi connectivity index (χ0) is 19.3. The molecule has 0 atom stereocenters. The van der Waals surface area contributed by atoms with E-state index < -0.39 is 16.4 Å². The maximum Gasteiger partial charge on any atom is 0.347 e. The largest absolute Gasteiger partial charge is 0.493 e. The van der Waals surface area contributed by atoms with E-state index in [2.05, 4.69) is 11.8 Å². The molecule has 0 N–H and O–H groups in total. The summed E-state index contributed by atoms with van der Waals surface area (Å²) in [5.41, 5.74) is -0.437. The van der Waals surface area contributed by atoms with Gasteiger partial charge < -0.3 is 18.9 Å². The van der Waals surface area contributed by atoms with E-state index >= 15 is 0 Å². The molecular formula is C18H16FNO6. The first-order chi connectivity index (χ1) is 12.5. The number of nitro benzene ring substituents is 1. The minimum absolute atomic E-state index is 0.133. The van der Waals surface area contributed by atoms with Crippen molar-refractivity contribution in [2.45, 2.75) is 0 Å². The van der Waals surface area contributed by atoms with Crippen molar-refractivity contribution >= 4 is 5.69 Å². The number of methoxy groups -OCH3 is 4. The van der Waals surface area contributed by atoms with Crippen molar-refractivity contribution in [1.29, 1.82) is 0 Å². The molecule has 0 aromatic heterocycles. The molecule has 0 aliphatic carbocycles. The number of nitro groups is 1. The summed E-state index contributed by atoms with van der Waals surface area (Å²) in [4.78, 5) is 10.2. The second-order valence-corrected chi connectivity index (χ2v) is 4.90. The average Bonchev–Trinajstić information content (AvgIpc) is 2.65. The van der Waals surface area contributed by atoms with Crippen LogP contribution in [0.2, 0.25) is 0 Å². The molecule has 7 nitrogen and oxygen atoms in total. The zero-order valence-corrected chi connectivity index (χ0v) is 14.6. The molecule has 26 heavy (non-hydrogen) atoms. The summed E-state index contributed by atoms with van der Waals surface area (Å²) in [6.45, 7) is 0. The molecule has 0 aliphatic rings. The van der Waals surface area contributed by atoms with Crippen molar-refractivity contribution in [3.8, 4) is 34.8 Å². The van der Waals surface area contributed by atoms with Crippen molar-refractivity contribution in [3.63, 3.8) is 0 Å². The third-order valence-corrected chi connectivity index (χ3v) is 3.49. The maximum absolute atomic E-state index is 14.4. The minimum atomic E-state index is -1.06. The summed E-state index contributed by atoms with van der Waals surface area (Å²) < 4.78 is 34.9. The number of benzene rings is 2. The number of nitrogens with zero attached hydrogens (tertiary/aromatic N) is 1. The topological polar surface area (TPSA) is 80.1 Å². The van der Waals surface area contributed by atoms with Gasteiger partial charge in [-0.25, -0.2) is 0 Å². The van der Waals surface area contributed by atoms with Gasteiger partial charge >= 0.3 is 5.69 Å². The highest BCUT2D eigenvalue weighted by atomic mass is 19.1. The van der Waals surface area contributed by atoms with E-state index in [1.807, 2.05) is 0 Å². The molecular weight excluding hydrogens is 345 g/mol. The Kier molecular flexibility index (Phi) is 5.86. The molecule has 0 fully saturated rings. The van der Waals surface area contributed by atoms with E-state index in [0.717, 1.165) is 0 Å². The molecule has 2 aromatic rings. The first-order valence-electron chi connectivity index (χ1n) is 7.29. The normalized spacial score (nSPS) is 9.73. The Labute approximate surface area is 149 Å². The Morgan fingerprint density at radius 2 is 1.50 bits per heavy atom. The van der Waals surface area contributed by atoms with Crippen LogP contribution in [0.3, 0.4) is 0 Å². The van der Waals surface area contributed by atoms with E-state index in [1.165, 1.54) is 40.6 Å². The number of ether oxygens (including phenoxy) is 4. The van der Waals surface area contributed by atoms with Crippen LogP contribution >= 0.6 is 0 Å². The van der Waals surface area contributed by atoms with Gasteiger partial charge in [0.2, 0.25) is 11.6 Å². The van der Waals surface area contributed by atoms with Gasteiger partial charge in [-0.1, -0.05) is 11.8 Å². The first-order valence-corrected chi connectivity index (χ1v) is 7.29. The van der Waals surface area contributed by atoms with Crippen LogP contribution in [0.4, 0.5) is 10.1 Å². The van der Waals surface area contributed by atoms with Gasteiger partial charge in [-0.15, -0.1) is 0 Å². The lowest BCUT2D eigenvalue weighted by molar-refractivity contribution is -0.388. The van der Waals surface area contributed by atoms with Crippen molar-refractivity contribution in [1.82, 2.24) is 0 Å². The fourth-order valence-corrected chi connectivity index (χ4v) is 2.27. The molecule has 0 aliphatic heterocycles. The SMILES string of the molecule is COc1cc(C#Cc2ccc(OC)c([N+](=O)[O-])c2F)cc(OC)c1OC. The predicted octanol–water partition coefficient (Wildman–Crippen LogP) is 3.17. The van der Waals surface area contributed by atoms with Crippen LogP contribution < -0.4 is 18.9 Å². The van der Waals surface area contributed by atoms with Crippen molar-refractivity contribution in [2.75, 3.05) is 28.4 Å². The molecule has 0 radical (unpaired) electrons. The van der Waals surface area contributed by atoms with Gasteiger partial charge in [0.05, 0.1) is 38.9 Å². The smallest absolute Gasteiger partial charge is 0.347 e. The summed E-state index contributed by atoms with van der Waals surface area (Å²) in [7, 11) is 5.61. The third-order valence-electron chi connectivity index (χ3n) is 3.49. The molecule has 2 aromatic carbocycles. The fraction of sp³-hybridized carbons (Fsp3) is 0.222. The van der Waals surface area contributed by atoms with E-state index in [-0.39, 0.29) is 11.3 Å². The minimum Gasteiger partial charge on any atom is -0.493 e. The Hall–Kier alpha value is -3.47. The van der Waals surface area contributed by atoms with Crippen LogP contribution in [0.1, 0.15) is 11.1 Å². The standard InChI is InChI=1S/C18H16FNO6/c1-23-13-8-7-12(16(19)17(13)20(21)22)6-5-11-9-14(24-2)18(26-4)15(10-11)25-3/h7-10H,1-4H3. The van der Waals surface area contributed by atoms with Gasteiger partial charge in [0.25, 0.3) is 0 Å². The third kappa shape index (κ3) is 3.62. The summed E-state index contributed by atoms with van der Waals surface area (Å²) in [6, 6.07) is 5.78. The Morgan fingerprint density at radius 1 is 0.923 bits per heavy atom. The summed E-state index contributed by atoms with van der Waals surface area (Å²) in [5, 5.41) is 11.1. The molecule has 0 unspecified atom stereocenters. The van der Waals surface area contributed by atoms with Crippen LogP contribution in [0.25, 0.3) is 0 Å². The molecule has 2 rings (SSSR count). The van der Waals surface area contributed by atoms with Crippen LogP contribution in [-0.4, -0.2) is 33.4 Å². The Morgan fingerprint density at radius 3 is 1.96 bits per heavy atom. The van der Waals surface area contributed by atoms with Gasteiger partial charge in [-0.2, -0.15) is 4.39 Å². The highest BCUT2D eigenvalue weighted by Gasteiger charge is 2.23. The van der Waals surface area contributed by atoms with Crippen LogP contribution in [0.5, 0.6) is 23.0 Å². The van der Waals surface area contributed by atoms with Crippen LogP contribution in [0.15, 0.2) is 24.3 Å². The number of halogens is 1. The predicted molar refractivity (Wildman–Crippen MR) is 91.7 cm³/mol. The molecule has 0 heterocycles. The lowest BCUT2D eigenvalue weighted by atomic mass is 10.1. The Balaban J connectivity index is 2.53. The van der Waals surface area contributed by atoms with Crippen molar-refractivity contribution < 1.29 is 28.3 Å². The maximum atomic E-state index is 14.4. The lowest BCUT2D eigenvalue weighted by Gasteiger charge is -2.12. The molecule has 136 valence electrons. The average molecular weight is 361 g/mol. The van der Waals surface area contributed by atoms with Crippen LogP contribution in [0, 0.1) is 27.8 Å². The van der Waals surface area contributed by atoms with Gasteiger partial charge in [0.1, 0.15) is 0 Å². The van der Waals surface area contributed by atoms with Gasteiger partial charge in [0, 0.05) is 5.56 Å². The number of hydrogen-bond donors (Lipinski definition) is 0. The van der Waals surface area contributed by atoms with Crippen molar-refractivity contribution in [2.24, 2.45) is 0 Å². The molecule has 0 bridgehead atoms. The fourth-order valence-electron chi connectivity index (χ4n) is 2.27. The van der Waals surface area contributed by atoms with Gasteiger partial charge in [0.15, 0.2) is 17.2 Å².